The molecule has 2 saturated carbocycles. The van der Waals surface area contributed by atoms with Crippen molar-refractivity contribution in [2.75, 3.05) is 31.3 Å². The van der Waals surface area contributed by atoms with Gasteiger partial charge in [-0.3, -0.25) is 0 Å². The van der Waals surface area contributed by atoms with E-state index >= 15 is 0 Å². The summed E-state index contributed by atoms with van der Waals surface area (Å²) < 4.78 is 28.4. The van der Waals surface area contributed by atoms with Crippen molar-refractivity contribution in [2.45, 2.75) is 129 Å². The van der Waals surface area contributed by atoms with Crippen LogP contribution in [0.3, 0.4) is 0 Å². The summed E-state index contributed by atoms with van der Waals surface area (Å²) in [6, 6.07) is 6.10. The van der Waals surface area contributed by atoms with Gasteiger partial charge in [0.15, 0.2) is 0 Å². The van der Waals surface area contributed by atoms with Gasteiger partial charge in [0.05, 0.1) is 25.4 Å². The van der Waals surface area contributed by atoms with Crippen molar-refractivity contribution in [1.29, 1.82) is 0 Å². The minimum atomic E-state index is -0.638. The van der Waals surface area contributed by atoms with Crippen LogP contribution >= 0.6 is 24.4 Å². The van der Waals surface area contributed by atoms with Crippen LogP contribution in [0.1, 0.15) is 117 Å². The lowest BCUT2D eigenvalue weighted by molar-refractivity contribution is -0.0543. The van der Waals surface area contributed by atoms with Gasteiger partial charge in [-0.05, 0) is 130 Å². The molecule has 7 nitrogen and oxygen atoms in total. The number of rotatable bonds is 14. The van der Waals surface area contributed by atoms with Gasteiger partial charge in [-0.25, -0.2) is 9.59 Å². The lowest BCUT2D eigenvalue weighted by atomic mass is 9.55. The molecule has 9 heteroatoms. The average Bonchev–Trinajstić information content (AvgIpc) is 3.30. The molecule has 1 unspecified atom stereocenters. The van der Waals surface area contributed by atoms with E-state index in [9.17, 15) is 9.59 Å². The number of fused-ring (bicyclic) bond motifs is 5. The zero-order valence-electron chi connectivity index (χ0n) is 29.2. The van der Waals surface area contributed by atoms with Crippen molar-refractivity contribution in [3.63, 3.8) is 0 Å². The molecule has 1 aromatic carbocycles. The summed E-state index contributed by atoms with van der Waals surface area (Å²) >= 11 is 6.16. The first-order chi connectivity index (χ1) is 21.7. The highest BCUT2D eigenvalue weighted by Crippen LogP contribution is 2.61. The van der Waals surface area contributed by atoms with Crippen molar-refractivity contribution < 1.29 is 33.3 Å². The fraction of sp³-hybridized carbons (Fsp3) is 0.784. The van der Waals surface area contributed by atoms with Crippen LogP contribution in [0.25, 0.3) is 0 Å². The molecule has 1 aromatic rings. The Morgan fingerprint density at radius 3 is 2.52 bits per heavy atom. The summed E-state index contributed by atoms with van der Waals surface area (Å²) in [4.78, 5) is 25.0. The van der Waals surface area contributed by atoms with Crippen LogP contribution in [-0.4, -0.2) is 60.6 Å². The molecule has 0 aliphatic heterocycles. The van der Waals surface area contributed by atoms with E-state index in [1.54, 1.807) is 0 Å². The number of aryl methyl sites for hydroxylation is 1. The highest BCUT2D eigenvalue weighted by Gasteiger charge is 2.56. The number of benzene rings is 1. The Hall–Kier alpha value is -1.58. The SMILES string of the molecule is CC(COC(C)(C)CCS)SCCCOC(=O)O[C@@H]1CC[C@@H]2[C@H]3CCc4cc(OC(=O)OCCC(C)(C)C)ccc4[C@@H]3CC[C@]21C. The van der Waals surface area contributed by atoms with E-state index in [1.165, 1.54) is 11.1 Å². The van der Waals surface area contributed by atoms with Crippen molar-refractivity contribution in [2.24, 2.45) is 22.7 Å². The fourth-order valence-electron chi connectivity index (χ4n) is 7.72. The van der Waals surface area contributed by atoms with Gasteiger partial charge in [0.1, 0.15) is 11.9 Å². The van der Waals surface area contributed by atoms with Gasteiger partial charge < -0.3 is 23.7 Å². The highest BCUT2D eigenvalue weighted by molar-refractivity contribution is 7.99. The normalized spacial score (nSPS) is 26.3. The maximum atomic E-state index is 12.7. The highest BCUT2D eigenvalue weighted by atomic mass is 32.2. The Bertz CT molecular complexity index is 1160. The molecule has 0 radical (unpaired) electrons. The van der Waals surface area contributed by atoms with Crippen LogP contribution in [0.2, 0.25) is 0 Å². The van der Waals surface area contributed by atoms with Crippen LogP contribution in [0.15, 0.2) is 18.2 Å². The average molecular weight is 679 g/mol. The number of carbonyl (C=O) groups excluding carboxylic acids is 2. The molecule has 3 aliphatic rings. The molecule has 0 heterocycles. The van der Waals surface area contributed by atoms with Crippen molar-refractivity contribution in [3.8, 4) is 5.75 Å². The van der Waals surface area contributed by atoms with Gasteiger partial charge in [-0.1, -0.05) is 40.7 Å². The Morgan fingerprint density at radius 1 is 1.02 bits per heavy atom. The van der Waals surface area contributed by atoms with Crippen molar-refractivity contribution in [3.05, 3.63) is 29.3 Å². The first-order valence-electron chi connectivity index (χ1n) is 17.4. The maximum Gasteiger partial charge on any atom is 0.513 e. The topological polar surface area (TPSA) is 80.3 Å². The van der Waals surface area contributed by atoms with Crippen LogP contribution in [0, 0.1) is 22.7 Å². The number of carbonyl (C=O) groups is 2. The summed E-state index contributed by atoms with van der Waals surface area (Å²) in [6.45, 7) is 16.5. The second kappa shape index (κ2) is 16.2. The monoisotopic (exact) mass is 678 g/mol. The minimum Gasteiger partial charge on any atom is -0.434 e. The molecule has 0 bridgehead atoms. The number of ether oxygens (including phenoxy) is 5. The third-order valence-corrected chi connectivity index (χ3v) is 11.9. The van der Waals surface area contributed by atoms with E-state index in [0.29, 0.717) is 48.6 Å². The molecule has 260 valence electrons. The molecule has 2 fully saturated rings. The molecule has 6 atom stereocenters. The molecule has 0 spiro atoms. The molecular formula is C37H58O7S2. The van der Waals surface area contributed by atoms with Gasteiger partial charge in [0, 0.05) is 10.7 Å². The molecule has 0 aromatic heterocycles. The smallest absolute Gasteiger partial charge is 0.434 e. The molecule has 3 aliphatic carbocycles. The van der Waals surface area contributed by atoms with Gasteiger partial charge >= 0.3 is 12.3 Å². The summed E-state index contributed by atoms with van der Waals surface area (Å²) in [5.41, 5.74) is 2.59. The van der Waals surface area contributed by atoms with E-state index in [-0.39, 0.29) is 22.5 Å². The summed E-state index contributed by atoms with van der Waals surface area (Å²) in [7, 11) is 0. The minimum absolute atomic E-state index is 0.0242. The molecule has 0 amide bonds. The van der Waals surface area contributed by atoms with Crippen molar-refractivity contribution >= 4 is 36.7 Å². The van der Waals surface area contributed by atoms with Gasteiger partial charge in [-0.15, -0.1) is 0 Å². The standard InChI is InChI=1S/C37H58O7S2/c1-25(24-42-36(5,6)18-21-45)46-22-8-19-40-34(39)44-32-14-13-31-30-11-9-26-23-27(43-33(38)41-20-17-35(2,3)4)10-12-28(26)29(30)15-16-37(31,32)7/h10,12,23,25,29-32,45H,8-9,11,13-22,24H2,1-7H3/t25?,29-,30-,31+,32+,37+/m0/s1. The number of hydrogen-bond donors (Lipinski definition) is 1. The molecular weight excluding hydrogens is 621 g/mol. The number of hydrogen-bond acceptors (Lipinski definition) is 9. The van der Waals surface area contributed by atoms with Crippen LogP contribution in [0.5, 0.6) is 5.75 Å². The second-order valence-electron chi connectivity index (χ2n) is 15.7. The van der Waals surface area contributed by atoms with E-state index in [1.807, 2.05) is 23.9 Å². The number of thiol groups is 1. The lowest BCUT2D eigenvalue weighted by Crippen LogP contribution is -2.45. The Balaban J connectivity index is 1.20. The Kier molecular flexibility index (Phi) is 13.1. The van der Waals surface area contributed by atoms with E-state index in [4.69, 9.17) is 23.7 Å². The lowest BCUT2D eigenvalue weighted by Gasteiger charge is -2.50. The predicted octanol–water partition coefficient (Wildman–Crippen LogP) is 9.64. The fourth-order valence-corrected chi connectivity index (χ4v) is 9.11. The second-order valence-corrected chi connectivity index (χ2v) is 17.7. The van der Waals surface area contributed by atoms with Crippen LogP contribution in [0.4, 0.5) is 9.59 Å². The molecule has 46 heavy (non-hydrogen) atoms. The predicted molar refractivity (Wildman–Crippen MR) is 188 cm³/mol. The first kappa shape index (κ1) is 37.2. The van der Waals surface area contributed by atoms with E-state index in [2.05, 4.69) is 67.2 Å². The summed E-state index contributed by atoms with van der Waals surface area (Å²) in [5, 5.41) is 0.380. The van der Waals surface area contributed by atoms with Gasteiger partial charge in [0.2, 0.25) is 0 Å². The largest absolute Gasteiger partial charge is 0.513 e. The maximum absolute atomic E-state index is 12.7. The molecule has 0 saturated heterocycles. The summed E-state index contributed by atoms with van der Waals surface area (Å²) in [6.07, 6.45) is 7.37. The Labute approximate surface area is 287 Å². The van der Waals surface area contributed by atoms with Gasteiger partial charge in [0.25, 0.3) is 0 Å². The Morgan fingerprint density at radius 2 is 1.78 bits per heavy atom. The third kappa shape index (κ3) is 10.2. The van der Waals surface area contributed by atoms with E-state index < -0.39 is 12.3 Å². The van der Waals surface area contributed by atoms with E-state index in [0.717, 1.165) is 69.3 Å². The molecule has 0 N–H and O–H groups in total. The number of thioether (sulfide) groups is 1. The first-order valence-corrected chi connectivity index (χ1v) is 19.1. The van der Waals surface area contributed by atoms with Crippen molar-refractivity contribution in [1.82, 2.24) is 0 Å². The van der Waals surface area contributed by atoms with Gasteiger partial charge in [-0.2, -0.15) is 24.4 Å². The molecule has 4 rings (SSSR count). The quantitative estimate of drug-likeness (QED) is 0.0902. The summed E-state index contributed by atoms with van der Waals surface area (Å²) in [5.74, 6) is 3.85. The zero-order chi connectivity index (χ0) is 33.5. The zero-order valence-corrected chi connectivity index (χ0v) is 30.9. The third-order valence-electron chi connectivity index (χ3n) is 10.5. The van der Waals surface area contributed by atoms with Crippen LogP contribution in [-0.2, 0) is 25.4 Å². The van der Waals surface area contributed by atoms with Crippen LogP contribution < -0.4 is 4.74 Å².